The Hall–Kier alpha value is -6.78. The van der Waals surface area contributed by atoms with Gasteiger partial charge < -0.3 is 14.2 Å². The lowest BCUT2D eigenvalue weighted by Crippen LogP contribution is -2.61. The molecule has 4 heteroatoms. The van der Waals surface area contributed by atoms with Gasteiger partial charge in [-0.3, -0.25) is 0 Å². The second-order valence-electron chi connectivity index (χ2n) is 13.7. The van der Waals surface area contributed by atoms with Crippen LogP contribution in [-0.4, -0.2) is 6.71 Å². The average molecular weight is 663 g/mol. The van der Waals surface area contributed by atoms with Crippen molar-refractivity contribution in [2.75, 3.05) is 9.80 Å². The zero-order valence-electron chi connectivity index (χ0n) is 28.3. The number of hydrogen-bond donors (Lipinski definition) is 0. The number of fused-ring (bicyclic) bond motifs is 7. The van der Waals surface area contributed by atoms with E-state index in [-0.39, 0.29) is 6.71 Å². The van der Waals surface area contributed by atoms with E-state index in [1.54, 1.807) is 0 Å². The Kier molecular flexibility index (Phi) is 6.35. The Bertz CT molecular complexity index is 2810. The molecule has 8 aromatic carbocycles. The van der Waals surface area contributed by atoms with Gasteiger partial charge in [0.1, 0.15) is 11.2 Å². The molecule has 0 unspecified atom stereocenters. The molecule has 3 heterocycles. The molecule has 242 valence electrons. The molecular formula is C48H31BN2O. The summed E-state index contributed by atoms with van der Waals surface area (Å²) in [6.07, 6.45) is 0. The van der Waals surface area contributed by atoms with E-state index in [2.05, 4.69) is 186 Å². The number of nitrogens with zero attached hydrogens (tertiary/aromatic N) is 2. The van der Waals surface area contributed by atoms with E-state index in [1.807, 2.05) is 12.1 Å². The summed E-state index contributed by atoms with van der Waals surface area (Å²) in [5.41, 5.74) is 17.7. The van der Waals surface area contributed by atoms with E-state index in [0.717, 1.165) is 38.9 Å². The largest absolute Gasteiger partial charge is 0.456 e. The summed E-state index contributed by atoms with van der Waals surface area (Å²) in [4.78, 5) is 4.89. The van der Waals surface area contributed by atoms with Crippen LogP contribution in [0.15, 0.2) is 192 Å². The monoisotopic (exact) mass is 662 g/mol. The van der Waals surface area contributed by atoms with Crippen LogP contribution >= 0.6 is 0 Å². The van der Waals surface area contributed by atoms with Crippen LogP contribution in [0.25, 0.3) is 44.2 Å². The van der Waals surface area contributed by atoms with E-state index < -0.39 is 0 Å². The zero-order valence-corrected chi connectivity index (χ0v) is 28.3. The molecular weight excluding hydrogens is 631 g/mol. The van der Waals surface area contributed by atoms with Crippen molar-refractivity contribution in [3.05, 3.63) is 188 Å². The molecule has 0 saturated heterocycles. The molecule has 0 amide bonds. The van der Waals surface area contributed by atoms with Crippen molar-refractivity contribution >= 4 is 79.2 Å². The van der Waals surface area contributed by atoms with E-state index in [0.29, 0.717) is 0 Å². The number of benzene rings is 8. The molecule has 2 aliphatic rings. The van der Waals surface area contributed by atoms with Gasteiger partial charge in [-0.1, -0.05) is 121 Å². The highest BCUT2D eigenvalue weighted by Gasteiger charge is 2.42. The fraction of sp³-hybridized carbons (Fsp3) is 0. The van der Waals surface area contributed by atoms with E-state index in [4.69, 9.17) is 4.42 Å². The summed E-state index contributed by atoms with van der Waals surface area (Å²) in [5.74, 6) is 0. The van der Waals surface area contributed by atoms with Gasteiger partial charge >= 0.3 is 0 Å². The Labute approximate surface area is 302 Å². The standard InChI is InChI=1S/C48H31BN2O/c1-3-12-36(13-4-1)50-42-18-9-8-17-40(42)49-41-29-27-34(30-45(41)51(37-14-5-2-6-15-37)44-20-11-19-43(50)48(44)49)32-22-24-33(25-23-32)35-26-28-39-38-16-7-10-21-46(38)52-47(39)31-35/h1-31H. The maximum absolute atomic E-state index is 6.20. The van der Waals surface area contributed by atoms with Crippen molar-refractivity contribution < 1.29 is 4.42 Å². The van der Waals surface area contributed by atoms with Gasteiger partial charge in [0.25, 0.3) is 6.71 Å². The maximum atomic E-state index is 6.20. The highest BCUT2D eigenvalue weighted by molar-refractivity contribution is 7.00. The van der Waals surface area contributed by atoms with Gasteiger partial charge in [0.15, 0.2) is 0 Å². The number of anilines is 6. The van der Waals surface area contributed by atoms with Crippen molar-refractivity contribution in [3.8, 4) is 22.3 Å². The molecule has 1 aromatic heterocycles. The van der Waals surface area contributed by atoms with Crippen LogP contribution in [0, 0.1) is 0 Å². The predicted molar refractivity (Wildman–Crippen MR) is 219 cm³/mol. The highest BCUT2D eigenvalue weighted by atomic mass is 16.3. The number of para-hydroxylation sites is 4. The Morgan fingerprint density at radius 2 is 0.865 bits per heavy atom. The fourth-order valence-corrected chi connectivity index (χ4v) is 8.53. The molecule has 11 rings (SSSR count). The number of furan rings is 1. The molecule has 3 nitrogen and oxygen atoms in total. The minimum absolute atomic E-state index is 0.0990. The lowest BCUT2D eigenvalue weighted by atomic mass is 9.33. The molecule has 9 aromatic rings. The van der Waals surface area contributed by atoms with Crippen molar-refractivity contribution in [3.63, 3.8) is 0 Å². The van der Waals surface area contributed by atoms with Gasteiger partial charge in [-0.2, -0.15) is 0 Å². The molecule has 0 fully saturated rings. The molecule has 0 N–H and O–H groups in total. The minimum Gasteiger partial charge on any atom is -0.456 e. The topological polar surface area (TPSA) is 19.6 Å². The summed E-state index contributed by atoms with van der Waals surface area (Å²) in [6, 6.07) is 68.0. The SMILES string of the molecule is c1ccc(N2c3ccccc3B3c4ccc(-c5ccc(-c6ccc7c(c6)oc6ccccc67)cc5)cc4N(c4ccccc4)c4cccc2c43)cc1. The van der Waals surface area contributed by atoms with Crippen molar-refractivity contribution in [1.82, 2.24) is 0 Å². The molecule has 0 saturated carbocycles. The first-order valence-corrected chi connectivity index (χ1v) is 17.9. The summed E-state index contributed by atoms with van der Waals surface area (Å²) in [7, 11) is 0. The third kappa shape index (κ3) is 4.34. The van der Waals surface area contributed by atoms with Crippen molar-refractivity contribution in [1.29, 1.82) is 0 Å². The minimum atomic E-state index is 0.0990. The Morgan fingerprint density at radius 1 is 0.346 bits per heavy atom. The molecule has 2 aliphatic heterocycles. The van der Waals surface area contributed by atoms with Crippen LogP contribution in [0.3, 0.4) is 0 Å². The average Bonchev–Trinajstić information content (AvgIpc) is 3.59. The van der Waals surface area contributed by atoms with E-state index in [1.165, 1.54) is 55.8 Å². The van der Waals surface area contributed by atoms with Crippen LogP contribution in [0.4, 0.5) is 34.1 Å². The van der Waals surface area contributed by atoms with Crippen molar-refractivity contribution in [2.45, 2.75) is 0 Å². The first kappa shape index (κ1) is 29.0. The molecule has 52 heavy (non-hydrogen) atoms. The quantitative estimate of drug-likeness (QED) is 0.175. The second kappa shape index (κ2) is 11.4. The first-order chi connectivity index (χ1) is 25.8. The van der Waals surface area contributed by atoms with Crippen LogP contribution in [-0.2, 0) is 0 Å². The summed E-state index contributed by atoms with van der Waals surface area (Å²) >= 11 is 0. The third-order valence-electron chi connectivity index (χ3n) is 10.9. The van der Waals surface area contributed by atoms with Gasteiger partial charge in [0, 0.05) is 44.9 Å². The van der Waals surface area contributed by atoms with E-state index >= 15 is 0 Å². The normalized spacial score (nSPS) is 12.9. The van der Waals surface area contributed by atoms with Crippen LogP contribution in [0.1, 0.15) is 0 Å². The van der Waals surface area contributed by atoms with Crippen molar-refractivity contribution in [2.24, 2.45) is 0 Å². The Morgan fingerprint density at radius 3 is 1.60 bits per heavy atom. The van der Waals surface area contributed by atoms with Crippen LogP contribution < -0.4 is 26.2 Å². The van der Waals surface area contributed by atoms with Crippen LogP contribution in [0.5, 0.6) is 0 Å². The zero-order chi connectivity index (χ0) is 34.2. The van der Waals surface area contributed by atoms with Gasteiger partial charge in [-0.15, -0.1) is 0 Å². The van der Waals surface area contributed by atoms with Gasteiger partial charge in [0.05, 0.1) is 0 Å². The lowest BCUT2D eigenvalue weighted by Gasteiger charge is -2.44. The van der Waals surface area contributed by atoms with Gasteiger partial charge in [0.2, 0.25) is 0 Å². The van der Waals surface area contributed by atoms with E-state index in [9.17, 15) is 0 Å². The summed E-state index contributed by atoms with van der Waals surface area (Å²) in [6.45, 7) is 0.0990. The fourth-order valence-electron chi connectivity index (χ4n) is 8.53. The summed E-state index contributed by atoms with van der Waals surface area (Å²) in [5, 5.41) is 2.30. The third-order valence-corrected chi connectivity index (χ3v) is 10.9. The maximum Gasteiger partial charge on any atom is 0.252 e. The molecule has 0 aliphatic carbocycles. The lowest BCUT2D eigenvalue weighted by molar-refractivity contribution is 0.669. The second-order valence-corrected chi connectivity index (χ2v) is 13.7. The smallest absolute Gasteiger partial charge is 0.252 e. The van der Waals surface area contributed by atoms with Crippen LogP contribution in [0.2, 0.25) is 0 Å². The first-order valence-electron chi connectivity index (χ1n) is 17.9. The van der Waals surface area contributed by atoms with Gasteiger partial charge in [-0.05, 0) is 105 Å². The molecule has 0 bridgehead atoms. The Balaban J connectivity index is 1.05. The number of rotatable bonds is 4. The molecule has 0 atom stereocenters. The highest BCUT2D eigenvalue weighted by Crippen LogP contribution is 2.44. The predicted octanol–water partition coefficient (Wildman–Crippen LogP) is 11.0. The summed E-state index contributed by atoms with van der Waals surface area (Å²) < 4.78 is 6.20. The molecule has 0 radical (unpaired) electrons. The number of hydrogen-bond acceptors (Lipinski definition) is 3. The van der Waals surface area contributed by atoms with Gasteiger partial charge in [-0.25, -0.2) is 0 Å². The molecule has 0 spiro atoms.